The number of anilines is 1. The van der Waals surface area contributed by atoms with Gasteiger partial charge in [0.1, 0.15) is 0 Å². The lowest BCUT2D eigenvalue weighted by molar-refractivity contribution is -0.129. The van der Waals surface area contributed by atoms with Crippen molar-refractivity contribution in [2.75, 3.05) is 31.5 Å². The summed E-state index contributed by atoms with van der Waals surface area (Å²) in [6, 6.07) is 5.99. The molecule has 1 unspecified atom stereocenters. The lowest BCUT2D eigenvalue weighted by Gasteiger charge is -2.26. The van der Waals surface area contributed by atoms with Crippen LogP contribution < -0.4 is 5.32 Å². The van der Waals surface area contributed by atoms with Gasteiger partial charge in [0.05, 0.1) is 23.0 Å². The Morgan fingerprint density at radius 2 is 1.94 bits per heavy atom. The fourth-order valence-electron chi connectivity index (χ4n) is 4.90. The molecule has 3 heterocycles. The zero-order valence-electron chi connectivity index (χ0n) is 18.8. The first-order chi connectivity index (χ1) is 15.4. The summed E-state index contributed by atoms with van der Waals surface area (Å²) < 4.78 is 2.12. The number of benzene rings is 1. The molecule has 2 fully saturated rings. The molecule has 8 nitrogen and oxygen atoms in total. The lowest BCUT2D eigenvalue weighted by Crippen LogP contribution is -2.34. The summed E-state index contributed by atoms with van der Waals surface area (Å²) in [6.45, 7) is 9.48. The smallest absolute Gasteiger partial charge is 0.245 e. The van der Waals surface area contributed by atoms with Gasteiger partial charge in [-0.3, -0.25) is 19.7 Å². The Labute approximate surface area is 188 Å². The van der Waals surface area contributed by atoms with E-state index in [9.17, 15) is 14.4 Å². The molecule has 170 valence electrons. The van der Waals surface area contributed by atoms with Gasteiger partial charge in [-0.15, -0.1) is 0 Å². The number of nitrogens with zero attached hydrogens (tertiary/aromatic N) is 4. The van der Waals surface area contributed by atoms with Crippen LogP contribution in [0.1, 0.15) is 44.2 Å². The largest absolute Gasteiger partial charge is 0.341 e. The van der Waals surface area contributed by atoms with E-state index < -0.39 is 0 Å². The predicted octanol–water partition coefficient (Wildman–Crippen LogP) is 2.89. The molecule has 32 heavy (non-hydrogen) atoms. The number of aryl methyl sites for hydroxylation is 1. The highest BCUT2D eigenvalue weighted by atomic mass is 16.2. The van der Waals surface area contributed by atoms with Crippen LogP contribution in [0.15, 0.2) is 30.9 Å². The molecule has 0 bridgehead atoms. The Bertz CT molecular complexity index is 1060. The second-order valence-corrected chi connectivity index (χ2v) is 8.83. The summed E-state index contributed by atoms with van der Waals surface area (Å²) >= 11 is 0. The van der Waals surface area contributed by atoms with Gasteiger partial charge in [0, 0.05) is 33.1 Å². The van der Waals surface area contributed by atoms with Crippen molar-refractivity contribution in [1.29, 1.82) is 0 Å². The predicted molar refractivity (Wildman–Crippen MR) is 123 cm³/mol. The Morgan fingerprint density at radius 1 is 1.12 bits per heavy atom. The highest BCUT2D eigenvalue weighted by molar-refractivity contribution is 5.95. The molecule has 8 heteroatoms. The highest BCUT2D eigenvalue weighted by Gasteiger charge is 2.32. The third-order valence-electron chi connectivity index (χ3n) is 6.65. The number of likely N-dealkylation sites (tertiary alicyclic amines) is 2. The molecule has 2 aromatic rings. The van der Waals surface area contributed by atoms with E-state index in [1.165, 1.54) is 6.08 Å². The van der Waals surface area contributed by atoms with Crippen LogP contribution in [0.25, 0.3) is 11.0 Å². The van der Waals surface area contributed by atoms with Crippen molar-refractivity contribution in [1.82, 2.24) is 19.4 Å². The van der Waals surface area contributed by atoms with Gasteiger partial charge < -0.3 is 14.4 Å². The maximum absolute atomic E-state index is 13.1. The van der Waals surface area contributed by atoms with Gasteiger partial charge in [-0.1, -0.05) is 18.7 Å². The van der Waals surface area contributed by atoms with E-state index in [0.29, 0.717) is 32.0 Å². The van der Waals surface area contributed by atoms with Crippen LogP contribution >= 0.6 is 0 Å². The van der Waals surface area contributed by atoms with E-state index in [2.05, 4.69) is 16.5 Å². The third-order valence-corrected chi connectivity index (χ3v) is 6.65. The zero-order chi connectivity index (χ0) is 22.8. The van der Waals surface area contributed by atoms with Gasteiger partial charge in [-0.05, 0) is 50.3 Å². The van der Waals surface area contributed by atoms with E-state index in [1.807, 2.05) is 30.0 Å². The fourth-order valence-corrected chi connectivity index (χ4v) is 4.90. The minimum absolute atomic E-state index is 0.0326. The van der Waals surface area contributed by atoms with Crippen molar-refractivity contribution in [2.24, 2.45) is 5.92 Å². The van der Waals surface area contributed by atoms with Gasteiger partial charge in [-0.2, -0.15) is 0 Å². The van der Waals surface area contributed by atoms with Gasteiger partial charge in [0.25, 0.3) is 0 Å². The number of amides is 3. The van der Waals surface area contributed by atoms with E-state index >= 15 is 0 Å². The zero-order valence-corrected chi connectivity index (χ0v) is 18.8. The van der Waals surface area contributed by atoms with Crippen LogP contribution in [0.5, 0.6) is 0 Å². The minimum atomic E-state index is -0.281. The molecule has 1 aromatic heterocycles. The van der Waals surface area contributed by atoms with Crippen LogP contribution in [0.2, 0.25) is 0 Å². The van der Waals surface area contributed by atoms with Crippen molar-refractivity contribution >= 4 is 34.7 Å². The maximum Gasteiger partial charge on any atom is 0.245 e. The molecule has 2 atom stereocenters. The molecular weight excluding hydrogens is 406 g/mol. The molecule has 3 amide bonds. The Hall–Kier alpha value is -3.16. The van der Waals surface area contributed by atoms with Gasteiger partial charge in [-0.25, -0.2) is 4.98 Å². The average molecular weight is 438 g/mol. The van der Waals surface area contributed by atoms with Crippen molar-refractivity contribution in [3.8, 4) is 0 Å². The number of fused-ring (bicyclic) bond motifs is 1. The molecular formula is C24H31N5O3. The summed E-state index contributed by atoms with van der Waals surface area (Å²) in [7, 11) is 0. The number of aromatic nitrogens is 2. The lowest BCUT2D eigenvalue weighted by atomic mass is 10.1. The van der Waals surface area contributed by atoms with Crippen molar-refractivity contribution in [2.45, 2.75) is 45.6 Å². The fraction of sp³-hybridized carbons (Fsp3) is 0.500. The molecule has 1 N–H and O–H groups in total. The van der Waals surface area contributed by atoms with Crippen LogP contribution in [-0.2, 0) is 14.4 Å². The first-order valence-corrected chi connectivity index (χ1v) is 11.3. The molecule has 0 radical (unpaired) electrons. The molecule has 0 spiro atoms. The minimum Gasteiger partial charge on any atom is -0.341 e. The third kappa shape index (κ3) is 4.26. The highest BCUT2D eigenvalue weighted by Crippen LogP contribution is 2.32. The van der Waals surface area contributed by atoms with Gasteiger partial charge >= 0.3 is 0 Å². The standard InChI is InChI=1S/C24H31N5O3/c1-4-21(31)28-13-11-18(14-28)23(32)26-24-25-20-10-7-8-16(2)22(20)29(24)19-9-5-6-12-27(15-19)17(3)30/h4,7-8,10,18-19H,1,5-6,9,11-15H2,2-3H3,(H,25,26,32)/t18?,19-/m1/s1. The molecule has 0 aliphatic carbocycles. The Kier molecular flexibility index (Phi) is 6.30. The van der Waals surface area contributed by atoms with Crippen LogP contribution in [0, 0.1) is 12.8 Å². The quantitative estimate of drug-likeness (QED) is 0.745. The van der Waals surface area contributed by atoms with Crippen molar-refractivity contribution < 1.29 is 14.4 Å². The number of carbonyl (C=O) groups excluding carboxylic acids is 3. The van der Waals surface area contributed by atoms with E-state index in [0.717, 1.165) is 42.4 Å². The van der Waals surface area contributed by atoms with Gasteiger partial charge in [0.2, 0.25) is 23.7 Å². The summed E-state index contributed by atoms with van der Waals surface area (Å²) in [5.74, 6) is 0.0300. The molecule has 2 aliphatic rings. The summed E-state index contributed by atoms with van der Waals surface area (Å²) in [6.07, 6.45) is 4.80. The number of hydrogen-bond acceptors (Lipinski definition) is 4. The van der Waals surface area contributed by atoms with Gasteiger partial charge in [0.15, 0.2) is 0 Å². The molecule has 2 aliphatic heterocycles. The summed E-state index contributed by atoms with van der Waals surface area (Å²) in [5, 5.41) is 3.05. The molecule has 0 saturated carbocycles. The average Bonchev–Trinajstić information content (AvgIpc) is 3.32. The van der Waals surface area contributed by atoms with Crippen LogP contribution in [-0.4, -0.2) is 63.3 Å². The number of imidazole rings is 1. The first kappa shape index (κ1) is 22.0. The second kappa shape index (κ2) is 9.14. The molecule has 2 saturated heterocycles. The van der Waals surface area contributed by atoms with E-state index in [1.54, 1.807) is 11.8 Å². The topological polar surface area (TPSA) is 87.5 Å². The van der Waals surface area contributed by atoms with Crippen molar-refractivity contribution in [3.05, 3.63) is 36.4 Å². The van der Waals surface area contributed by atoms with Crippen molar-refractivity contribution in [3.63, 3.8) is 0 Å². The second-order valence-electron chi connectivity index (χ2n) is 8.83. The number of carbonyl (C=O) groups is 3. The Balaban J connectivity index is 1.65. The monoisotopic (exact) mass is 437 g/mol. The van der Waals surface area contributed by atoms with Crippen LogP contribution in [0.3, 0.4) is 0 Å². The molecule has 4 rings (SSSR count). The number of rotatable bonds is 4. The SMILES string of the molecule is C=CC(=O)N1CCC(C(=O)Nc2nc3cccc(C)c3n2[C@@H]2CCCCN(C(C)=O)C2)C1. The van der Waals surface area contributed by atoms with E-state index in [-0.39, 0.29) is 29.7 Å². The summed E-state index contributed by atoms with van der Waals surface area (Å²) in [5.41, 5.74) is 2.90. The summed E-state index contributed by atoms with van der Waals surface area (Å²) in [4.78, 5) is 45.5. The number of para-hydroxylation sites is 1. The van der Waals surface area contributed by atoms with Crippen LogP contribution in [0.4, 0.5) is 5.95 Å². The van der Waals surface area contributed by atoms with E-state index in [4.69, 9.17) is 4.98 Å². The normalized spacial score (nSPS) is 21.4. The molecule has 1 aromatic carbocycles. The Morgan fingerprint density at radius 3 is 2.69 bits per heavy atom. The maximum atomic E-state index is 13.1. The number of hydrogen-bond donors (Lipinski definition) is 1. The first-order valence-electron chi connectivity index (χ1n) is 11.3. The number of nitrogens with one attached hydrogen (secondary N) is 1.